The summed E-state index contributed by atoms with van der Waals surface area (Å²) in [6, 6.07) is 0.430. The third-order valence-electron chi connectivity index (χ3n) is 3.35. The maximum Gasteiger partial charge on any atom is 0.319 e. The van der Waals surface area contributed by atoms with Gasteiger partial charge in [0.25, 0.3) is 0 Å². The third kappa shape index (κ3) is 3.45. The zero-order valence-electron chi connectivity index (χ0n) is 12.7. The summed E-state index contributed by atoms with van der Waals surface area (Å²) in [5.74, 6) is 0.383. The lowest BCUT2D eigenvalue weighted by Crippen LogP contribution is -2.20. The molecule has 0 atom stereocenters. The zero-order chi connectivity index (χ0) is 14.5. The molecule has 0 aliphatic rings. The van der Waals surface area contributed by atoms with Gasteiger partial charge in [-0.25, -0.2) is 4.52 Å². The van der Waals surface area contributed by atoms with Gasteiger partial charge in [-0.05, 0) is 25.9 Å². The van der Waals surface area contributed by atoms with Crippen LogP contribution >= 0.6 is 0 Å². The average Bonchev–Trinajstić information content (AvgIpc) is 2.86. The summed E-state index contributed by atoms with van der Waals surface area (Å²) >= 11 is 0. The highest BCUT2D eigenvalue weighted by Crippen LogP contribution is 2.19. The lowest BCUT2D eigenvalue weighted by Gasteiger charge is -2.13. The van der Waals surface area contributed by atoms with Crippen molar-refractivity contribution in [3.8, 4) is 6.01 Å². The number of aromatic nitrogens is 4. The minimum Gasteiger partial charge on any atom is -0.463 e. The highest BCUT2D eigenvalue weighted by molar-refractivity contribution is 5.47. The third-order valence-corrected chi connectivity index (χ3v) is 3.35. The molecule has 2 aromatic rings. The van der Waals surface area contributed by atoms with E-state index in [4.69, 9.17) is 4.74 Å². The Morgan fingerprint density at radius 3 is 2.90 bits per heavy atom. The fraction of sp³-hybridized carbons (Fsp3) is 0.643. The number of hydrogen-bond acceptors (Lipinski definition) is 5. The molecular formula is C14H23N5O. The van der Waals surface area contributed by atoms with Crippen LogP contribution in [0.5, 0.6) is 6.01 Å². The number of ether oxygens (including phenoxy) is 1. The number of rotatable bonds is 7. The average molecular weight is 277 g/mol. The van der Waals surface area contributed by atoms with Crippen LogP contribution in [0.25, 0.3) is 5.65 Å². The van der Waals surface area contributed by atoms with Gasteiger partial charge >= 0.3 is 6.01 Å². The summed E-state index contributed by atoms with van der Waals surface area (Å²) in [5.41, 5.74) is 1.94. The van der Waals surface area contributed by atoms with E-state index in [-0.39, 0.29) is 0 Å². The largest absolute Gasteiger partial charge is 0.463 e. The Morgan fingerprint density at radius 1 is 1.40 bits per heavy atom. The van der Waals surface area contributed by atoms with Crippen molar-refractivity contribution in [2.75, 3.05) is 26.7 Å². The summed E-state index contributed by atoms with van der Waals surface area (Å²) in [6.07, 6.45) is 4.46. The standard InChI is InChI=1S/C14H23N5O/c1-5-18(4)7-6-8-20-14-15-10-19-13(17-14)12(9-16-19)11(2)3/h9-11H,5-8H2,1-4H3. The molecule has 0 fully saturated rings. The lowest BCUT2D eigenvalue weighted by molar-refractivity contribution is 0.253. The zero-order valence-corrected chi connectivity index (χ0v) is 12.7. The summed E-state index contributed by atoms with van der Waals surface area (Å²) in [6.45, 7) is 9.09. The molecule has 0 N–H and O–H groups in total. The summed E-state index contributed by atoms with van der Waals surface area (Å²) in [4.78, 5) is 10.9. The molecule has 0 amide bonds. The summed E-state index contributed by atoms with van der Waals surface area (Å²) < 4.78 is 7.31. The molecule has 0 aliphatic carbocycles. The SMILES string of the molecule is CCN(C)CCCOc1ncn2ncc(C(C)C)c2n1. The molecule has 2 rings (SSSR count). The van der Waals surface area contributed by atoms with E-state index in [1.807, 2.05) is 6.20 Å². The van der Waals surface area contributed by atoms with Crippen molar-refractivity contribution >= 4 is 5.65 Å². The topological polar surface area (TPSA) is 55.5 Å². The number of hydrogen-bond donors (Lipinski definition) is 0. The number of fused-ring (bicyclic) bond motifs is 1. The molecule has 20 heavy (non-hydrogen) atoms. The molecule has 2 aromatic heterocycles. The van der Waals surface area contributed by atoms with E-state index in [1.54, 1.807) is 10.8 Å². The van der Waals surface area contributed by atoms with Gasteiger partial charge in [0.1, 0.15) is 6.33 Å². The van der Waals surface area contributed by atoms with Gasteiger partial charge in [-0.2, -0.15) is 15.1 Å². The fourth-order valence-corrected chi connectivity index (χ4v) is 1.93. The van der Waals surface area contributed by atoms with Crippen molar-refractivity contribution in [3.63, 3.8) is 0 Å². The minimum atomic E-state index is 0.383. The first-order valence-electron chi connectivity index (χ1n) is 7.13. The van der Waals surface area contributed by atoms with Gasteiger partial charge in [0.15, 0.2) is 5.65 Å². The first-order valence-corrected chi connectivity index (χ1v) is 7.13. The molecular weight excluding hydrogens is 254 g/mol. The van der Waals surface area contributed by atoms with Crippen LogP contribution in [-0.2, 0) is 0 Å². The van der Waals surface area contributed by atoms with Crippen molar-refractivity contribution in [3.05, 3.63) is 18.1 Å². The first kappa shape index (κ1) is 14.7. The molecule has 0 bridgehead atoms. The fourth-order valence-electron chi connectivity index (χ4n) is 1.93. The Hall–Kier alpha value is -1.69. The molecule has 0 saturated carbocycles. The molecule has 0 unspecified atom stereocenters. The van der Waals surface area contributed by atoms with Gasteiger partial charge in [0.2, 0.25) is 0 Å². The normalized spacial score (nSPS) is 11.7. The smallest absolute Gasteiger partial charge is 0.319 e. The van der Waals surface area contributed by atoms with E-state index in [9.17, 15) is 0 Å². The van der Waals surface area contributed by atoms with Crippen molar-refractivity contribution in [1.29, 1.82) is 0 Å². The van der Waals surface area contributed by atoms with Crippen molar-refractivity contribution in [1.82, 2.24) is 24.5 Å². The van der Waals surface area contributed by atoms with Gasteiger partial charge in [-0.1, -0.05) is 20.8 Å². The van der Waals surface area contributed by atoms with E-state index < -0.39 is 0 Å². The second-order valence-electron chi connectivity index (χ2n) is 5.26. The predicted octanol–water partition coefficient (Wildman–Crippen LogP) is 1.97. The maximum absolute atomic E-state index is 5.62. The van der Waals surface area contributed by atoms with Crippen LogP contribution < -0.4 is 4.74 Å². The molecule has 110 valence electrons. The van der Waals surface area contributed by atoms with E-state index in [0.717, 1.165) is 30.7 Å². The quantitative estimate of drug-likeness (QED) is 0.724. The maximum atomic E-state index is 5.62. The van der Waals surface area contributed by atoms with Gasteiger partial charge in [-0.3, -0.25) is 0 Å². The Morgan fingerprint density at radius 2 is 2.20 bits per heavy atom. The number of nitrogens with zero attached hydrogens (tertiary/aromatic N) is 5. The van der Waals surface area contributed by atoms with E-state index >= 15 is 0 Å². The molecule has 0 saturated heterocycles. The molecule has 0 aromatic carbocycles. The Kier molecular flexibility index (Phi) is 4.89. The molecule has 0 radical (unpaired) electrons. The molecule has 6 nitrogen and oxygen atoms in total. The lowest BCUT2D eigenvalue weighted by atomic mass is 10.1. The monoisotopic (exact) mass is 277 g/mol. The second kappa shape index (κ2) is 6.65. The van der Waals surface area contributed by atoms with Crippen LogP contribution in [0.15, 0.2) is 12.5 Å². The van der Waals surface area contributed by atoms with E-state index in [2.05, 4.69) is 47.8 Å². The Balaban J connectivity index is 1.98. The van der Waals surface area contributed by atoms with Crippen molar-refractivity contribution in [2.45, 2.75) is 33.1 Å². The van der Waals surface area contributed by atoms with Crippen LogP contribution in [0.4, 0.5) is 0 Å². The molecule has 6 heteroatoms. The van der Waals surface area contributed by atoms with Crippen molar-refractivity contribution in [2.24, 2.45) is 0 Å². The molecule has 0 aliphatic heterocycles. The predicted molar refractivity (Wildman–Crippen MR) is 78.2 cm³/mol. The second-order valence-corrected chi connectivity index (χ2v) is 5.26. The minimum absolute atomic E-state index is 0.383. The van der Waals surface area contributed by atoms with Crippen LogP contribution in [0.1, 0.15) is 38.7 Å². The van der Waals surface area contributed by atoms with Gasteiger partial charge in [0.05, 0.1) is 12.8 Å². The summed E-state index contributed by atoms with van der Waals surface area (Å²) in [7, 11) is 2.10. The Bertz CT molecular complexity index is 551. The van der Waals surface area contributed by atoms with Gasteiger partial charge < -0.3 is 9.64 Å². The van der Waals surface area contributed by atoms with Crippen LogP contribution in [-0.4, -0.2) is 51.2 Å². The molecule has 0 spiro atoms. The Labute approximate surface area is 119 Å². The highest BCUT2D eigenvalue weighted by Gasteiger charge is 2.11. The molecule has 2 heterocycles. The van der Waals surface area contributed by atoms with Crippen LogP contribution in [0.3, 0.4) is 0 Å². The van der Waals surface area contributed by atoms with Gasteiger partial charge in [-0.15, -0.1) is 0 Å². The van der Waals surface area contributed by atoms with Gasteiger partial charge in [0, 0.05) is 12.1 Å². The van der Waals surface area contributed by atoms with Crippen LogP contribution in [0, 0.1) is 0 Å². The van der Waals surface area contributed by atoms with E-state index in [0.29, 0.717) is 18.5 Å². The first-order chi connectivity index (χ1) is 9.61. The highest BCUT2D eigenvalue weighted by atomic mass is 16.5. The summed E-state index contributed by atoms with van der Waals surface area (Å²) in [5, 5.41) is 4.24. The van der Waals surface area contributed by atoms with Crippen LogP contribution in [0.2, 0.25) is 0 Å². The van der Waals surface area contributed by atoms with Crippen molar-refractivity contribution < 1.29 is 4.74 Å². The van der Waals surface area contributed by atoms with E-state index in [1.165, 1.54) is 0 Å².